The van der Waals surface area contributed by atoms with E-state index >= 15 is 0 Å². The van der Waals surface area contributed by atoms with Crippen molar-refractivity contribution in [1.82, 2.24) is 10.2 Å². The number of nitrogens with one attached hydrogen (secondary N) is 1. The molecule has 5 heteroatoms. The van der Waals surface area contributed by atoms with Gasteiger partial charge in [0.15, 0.2) is 0 Å². The van der Waals surface area contributed by atoms with Crippen LogP contribution in [0.4, 0.5) is 4.79 Å². The average molecular weight is 246 g/mol. The Morgan fingerprint density at radius 1 is 1.28 bits per heavy atom. The third-order valence-corrected chi connectivity index (χ3v) is 2.58. The van der Waals surface area contributed by atoms with Gasteiger partial charge in [-0.15, -0.1) is 0 Å². The van der Waals surface area contributed by atoms with Gasteiger partial charge in [-0.3, -0.25) is 9.69 Å². The summed E-state index contributed by atoms with van der Waals surface area (Å²) in [6.07, 6.45) is 1.64. The number of hydrogen-bond donors (Lipinski definition) is 1. The molecule has 3 amide bonds. The van der Waals surface area contributed by atoms with Gasteiger partial charge in [0.05, 0.1) is 6.61 Å². The first kappa shape index (κ1) is 12.2. The highest BCUT2D eigenvalue weighted by Gasteiger charge is 2.29. The number of carbonyl (C=O) groups excluding carboxylic acids is 2. The first-order valence-electron chi connectivity index (χ1n) is 5.65. The van der Waals surface area contributed by atoms with Gasteiger partial charge in [0.2, 0.25) is 0 Å². The quantitative estimate of drug-likeness (QED) is 0.651. The number of likely N-dealkylation sites (N-methyl/N-ethyl adjacent to an activating group) is 1. The summed E-state index contributed by atoms with van der Waals surface area (Å²) in [5, 5.41) is 2.51. The number of ether oxygens (including phenoxy) is 1. The predicted molar refractivity (Wildman–Crippen MR) is 66.9 cm³/mol. The number of urea groups is 1. The molecule has 1 saturated heterocycles. The summed E-state index contributed by atoms with van der Waals surface area (Å²) in [5.74, 6) is 0.451. The van der Waals surface area contributed by atoms with Crippen LogP contribution in [0.25, 0.3) is 6.08 Å². The lowest BCUT2D eigenvalue weighted by Gasteiger charge is -2.03. The minimum absolute atomic E-state index is 0.284. The van der Waals surface area contributed by atoms with E-state index in [1.807, 2.05) is 31.2 Å². The van der Waals surface area contributed by atoms with E-state index in [1.165, 1.54) is 7.05 Å². The van der Waals surface area contributed by atoms with Crippen LogP contribution in [0.15, 0.2) is 30.0 Å². The van der Waals surface area contributed by atoms with Crippen molar-refractivity contribution in [2.75, 3.05) is 13.7 Å². The van der Waals surface area contributed by atoms with Crippen molar-refractivity contribution in [2.24, 2.45) is 0 Å². The molecule has 5 nitrogen and oxygen atoms in total. The molecule has 94 valence electrons. The Kier molecular flexibility index (Phi) is 3.32. The van der Waals surface area contributed by atoms with Crippen LogP contribution in [0, 0.1) is 0 Å². The van der Waals surface area contributed by atoms with E-state index < -0.39 is 6.03 Å². The topological polar surface area (TPSA) is 58.6 Å². The largest absolute Gasteiger partial charge is 0.494 e. The molecule has 1 aliphatic rings. The fourth-order valence-corrected chi connectivity index (χ4v) is 1.62. The fourth-order valence-electron chi connectivity index (χ4n) is 1.62. The van der Waals surface area contributed by atoms with Crippen molar-refractivity contribution < 1.29 is 14.3 Å². The highest BCUT2D eigenvalue weighted by atomic mass is 16.5. The summed E-state index contributed by atoms with van der Waals surface area (Å²) in [6.45, 7) is 2.53. The van der Waals surface area contributed by atoms with Gasteiger partial charge in [0.25, 0.3) is 5.91 Å². The maximum atomic E-state index is 11.6. The molecule has 2 rings (SSSR count). The molecule has 0 unspecified atom stereocenters. The molecule has 0 bridgehead atoms. The Morgan fingerprint density at radius 2 is 1.94 bits per heavy atom. The number of nitrogens with zero attached hydrogens (tertiary/aromatic N) is 1. The molecular weight excluding hydrogens is 232 g/mol. The fraction of sp³-hybridized carbons (Fsp3) is 0.231. The average Bonchev–Trinajstić information content (AvgIpc) is 2.60. The van der Waals surface area contributed by atoms with Crippen molar-refractivity contribution in [3.05, 3.63) is 35.5 Å². The third-order valence-electron chi connectivity index (χ3n) is 2.58. The second kappa shape index (κ2) is 4.91. The molecule has 1 N–H and O–H groups in total. The van der Waals surface area contributed by atoms with Gasteiger partial charge in [-0.1, -0.05) is 12.1 Å². The van der Waals surface area contributed by atoms with Crippen LogP contribution in [0.1, 0.15) is 12.5 Å². The normalized spacial score (nSPS) is 17.2. The van der Waals surface area contributed by atoms with Crippen molar-refractivity contribution in [2.45, 2.75) is 6.92 Å². The summed E-state index contributed by atoms with van der Waals surface area (Å²) in [7, 11) is 1.44. The van der Waals surface area contributed by atoms with Gasteiger partial charge in [-0.25, -0.2) is 4.79 Å². The first-order chi connectivity index (χ1) is 8.61. The van der Waals surface area contributed by atoms with E-state index in [-0.39, 0.29) is 11.6 Å². The molecule has 0 spiro atoms. The zero-order chi connectivity index (χ0) is 13.1. The van der Waals surface area contributed by atoms with Gasteiger partial charge in [-0.05, 0) is 30.7 Å². The Morgan fingerprint density at radius 3 is 2.44 bits per heavy atom. The van der Waals surface area contributed by atoms with Crippen LogP contribution >= 0.6 is 0 Å². The summed E-state index contributed by atoms with van der Waals surface area (Å²) in [4.78, 5) is 23.9. The molecule has 18 heavy (non-hydrogen) atoms. The van der Waals surface area contributed by atoms with Gasteiger partial charge >= 0.3 is 6.03 Å². The number of hydrogen-bond acceptors (Lipinski definition) is 3. The summed E-state index contributed by atoms with van der Waals surface area (Å²) >= 11 is 0. The second-order valence-corrected chi connectivity index (χ2v) is 3.85. The zero-order valence-electron chi connectivity index (χ0n) is 10.3. The number of carbonyl (C=O) groups is 2. The maximum Gasteiger partial charge on any atom is 0.328 e. The van der Waals surface area contributed by atoms with E-state index in [4.69, 9.17) is 4.74 Å². The SMILES string of the molecule is CCOc1ccc(/C=C2/NC(=O)N(C)C2=O)cc1. The van der Waals surface area contributed by atoms with Crippen molar-refractivity contribution in [3.8, 4) is 5.75 Å². The van der Waals surface area contributed by atoms with Crippen LogP contribution < -0.4 is 10.1 Å². The van der Waals surface area contributed by atoms with Gasteiger partial charge in [0, 0.05) is 7.05 Å². The molecule has 0 atom stereocenters. The van der Waals surface area contributed by atoms with Crippen molar-refractivity contribution in [3.63, 3.8) is 0 Å². The van der Waals surface area contributed by atoms with E-state index in [2.05, 4.69) is 5.32 Å². The standard InChI is InChI=1S/C13H14N2O3/c1-3-18-10-6-4-9(5-7-10)8-11-12(16)15(2)13(17)14-11/h4-8H,3H2,1-2H3,(H,14,17)/b11-8+. The number of benzene rings is 1. The van der Waals surface area contributed by atoms with Gasteiger partial charge in [-0.2, -0.15) is 0 Å². The van der Waals surface area contributed by atoms with Crippen molar-refractivity contribution >= 4 is 18.0 Å². The Bertz CT molecular complexity index is 505. The predicted octanol–water partition coefficient (Wildman–Crippen LogP) is 1.61. The highest BCUT2D eigenvalue weighted by Crippen LogP contribution is 2.16. The smallest absolute Gasteiger partial charge is 0.328 e. The lowest BCUT2D eigenvalue weighted by Crippen LogP contribution is -2.25. The molecule has 1 aliphatic heterocycles. The lowest BCUT2D eigenvalue weighted by molar-refractivity contribution is -0.121. The van der Waals surface area contributed by atoms with Crippen LogP contribution in [-0.2, 0) is 4.79 Å². The summed E-state index contributed by atoms with van der Waals surface area (Å²) in [6, 6.07) is 6.89. The minimum atomic E-state index is -0.405. The number of amides is 3. The van der Waals surface area contributed by atoms with Crippen LogP contribution in [0.2, 0.25) is 0 Å². The molecule has 0 aromatic heterocycles. The first-order valence-corrected chi connectivity index (χ1v) is 5.65. The number of rotatable bonds is 3. The summed E-state index contributed by atoms with van der Waals surface area (Å²) < 4.78 is 5.32. The Hall–Kier alpha value is -2.30. The second-order valence-electron chi connectivity index (χ2n) is 3.85. The minimum Gasteiger partial charge on any atom is -0.494 e. The van der Waals surface area contributed by atoms with Crippen LogP contribution in [-0.4, -0.2) is 30.5 Å². The number of imide groups is 1. The molecular formula is C13H14N2O3. The molecule has 1 fully saturated rings. The monoisotopic (exact) mass is 246 g/mol. The van der Waals surface area contributed by atoms with Crippen LogP contribution in [0.5, 0.6) is 5.75 Å². The Balaban J connectivity index is 2.18. The van der Waals surface area contributed by atoms with E-state index in [0.29, 0.717) is 6.61 Å². The molecule has 0 aliphatic carbocycles. The molecule has 1 aromatic rings. The highest BCUT2D eigenvalue weighted by molar-refractivity contribution is 6.13. The van der Waals surface area contributed by atoms with Crippen molar-refractivity contribution in [1.29, 1.82) is 0 Å². The van der Waals surface area contributed by atoms with Crippen LogP contribution in [0.3, 0.4) is 0 Å². The molecule has 0 saturated carbocycles. The van der Waals surface area contributed by atoms with E-state index in [0.717, 1.165) is 16.2 Å². The molecule has 1 aromatic carbocycles. The third kappa shape index (κ3) is 2.34. The zero-order valence-corrected chi connectivity index (χ0v) is 10.3. The lowest BCUT2D eigenvalue weighted by atomic mass is 10.2. The Labute approximate surface area is 105 Å². The van der Waals surface area contributed by atoms with Gasteiger partial charge in [0.1, 0.15) is 11.4 Å². The summed E-state index contributed by atoms with van der Waals surface area (Å²) in [5.41, 5.74) is 1.11. The maximum absolute atomic E-state index is 11.6. The molecule has 0 radical (unpaired) electrons. The van der Waals surface area contributed by atoms with Gasteiger partial charge < -0.3 is 10.1 Å². The molecule has 1 heterocycles. The van der Waals surface area contributed by atoms with E-state index in [1.54, 1.807) is 6.08 Å². The van der Waals surface area contributed by atoms with E-state index in [9.17, 15) is 9.59 Å².